The molecule has 1 unspecified atom stereocenters. The molecule has 1 heterocycles. The molecule has 20 heavy (non-hydrogen) atoms. The first-order valence-electron chi connectivity index (χ1n) is 6.52. The fourth-order valence-corrected chi connectivity index (χ4v) is 1.68. The van der Waals surface area contributed by atoms with Gasteiger partial charge in [-0.1, -0.05) is 6.92 Å². The van der Waals surface area contributed by atoms with Gasteiger partial charge in [0.25, 0.3) is 5.56 Å². The molecule has 0 aliphatic carbocycles. The zero-order chi connectivity index (χ0) is 14.5. The van der Waals surface area contributed by atoms with Crippen LogP contribution in [0.1, 0.15) is 20.3 Å². The van der Waals surface area contributed by atoms with Crippen molar-refractivity contribution in [3.05, 3.63) is 34.6 Å². The molecule has 0 aliphatic heterocycles. The van der Waals surface area contributed by atoms with Gasteiger partial charge < -0.3 is 10.1 Å². The maximum atomic E-state index is 12.0. The van der Waals surface area contributed by atoms with Crippen LogP contribution in [0, 0.1) is 0 Å². The quantitative estimate of drug-likeness (QED) is 0.872. The number of hydrogen-bond acceptors (Lipinski definition) is 5. The van der Waals surface area contributed by atoms with Crippen molar-refractivity contribution in [1.29, 1.82) is 0 Å². The highest BCUT2D eigenvalue weighted by atomic mass is 16.5. The van der Waals surface area contributed by atoms with Crippen molar-refractivity contribution in [3.8, 4) is 17.0 Å². The number of methoxy groups -OCH3 is 1. The zero-order valence-electron chi connectivity index (χ0n) is 11.8. The van der Waals surface area contributed by atoms with Gasteiger partial charge in [0.05, 0.1) is 7.11 Å². The third kappa shape index (κ3) is 3.14. The minimum absolute atomic E-state index is 0.229. The maximum absolute atomic E-state index is 12.0. The largest absolute Gasteiger partial charge is 0.497 e. The van der Waals surface area contributed by atoms with Crippen LogP contribution in [-0.2, 0) is 0 Å². The van der Waals surface area contributed by atoms with Gasteiger partial charge in [-0.2, -0.15) is 0 Å². The number of aromatic nitrogens is 3. The molecule has 1 atom stereocenters. The van der Waals surface area contributed by atoms with Crippen molar-refractivity contribution in [2.75, 3.05) is 12.4 Å². The Bertz CT molecular complexity index is 622. The van der Waals surface area contributed by atoms with Crippen LogP contribution in [0.5, 0.6) is 5.75 Å². The molecule has 6 nitrogen and oxygen atoms in total. The summed E-state index contributed by atoms with van der Waals surface area (Å²) in [6.07, 6.45) is 0.934. The molecule has 2 N–H and O–H groups in total. The number of ether oxygens (including phenoxy) is 1. The Morgan fingerprint density at radius 2 is 2.00 bits per heavy atom. The van der Waals surface area contributed by atoms with Gasteiger partial charge in [-0.3, -0.25) is 9.78 Å². The number of anilines is 1. The molecule has 0 amide bonds. The number of aromatic amines is 1. The monoisotopic (exact) mass is 274 g/mol. The highest BCUT2D eigenvalue weighted by Gasteiger charge is 2.08. The first kappa shape index (κ1) is 14.0. The second kappa shape index (κ2) is 6.18. The molecule has 0 spiro atoms. The minimum atomic E-state index is -0.268. The Labute approximate surface area is 117 Å². The average molecular weight is 274 g/mol. The molecule has 1 aromatic carbocycles. The Morgan fingerprint density at radius 3 is 2.55 bits per heavy atom. The van der Waals surface area contributed by atoms with Crippen LogP contribution in [0.2, 0.25) is 0 Å². The van der Waals surface area contributed by atoms with Crippen LogP contribution in [0.3, 0.4) is 0 Å². The molecular formula is C14H18N4O2. The third-order valence-corrected chi connectivity index (χ3v) is 3.06. The van der Waals surface area contributed by atoms with Gasteiger partial charge in [-0.05, 0) is 37.6 Å². The van der Waals surface area contributed by atoms with E-state index in [9.17, 15) is 4.79 Å². The first-order chi connectivity index (χ1) is 9.63. The summed E-state index contributed by atoms with van der Waals surface area (Å²) in [4.78, 5) is 14.7. The van der Waals surface area contributed by atoms with Crippen molar-refractivity contribution in [3.63, 3.8) is 0 Å². The smallest absolute Gasteiger partial charge is 0.279 e. The summed E-state index contributed by atoms with van der Waals surface area (Å²) in [6.45, 7) is 4.06. The van der Waals surface area contributed by atoms with Gasteiger partial charge in [0.2, 0.25) is 5.95 Å². The van der Waals surface area contributed by atoms with Gasteiger partial charge in [0.15, 0.2) is 5.69 Å². The van der Waals surface area contributed by atoms with E-state index in [1.54, 1.807) is 31.4 Å². The number of nitrogens with zero attached hydrogens (tertiary/aromatic N) is 2. The summed E-state index contributed by atoms with van der Waals surface area (Å²) in [5, 5.41) is 11.1. The van der Waals surface area contributed by atoms with E-state index in [4.69, 9.17) is 4.74 Å². The molecule has 106 valence electrons. The highest BCUT2D eigenvalue weighted by Crippen LogP contribution is 2.17. The van der Waals surface area contributed by atoms with E-state index in [1.165, 1.54) is 0 Å². The van der Waals surface area contributed by atoms with Crippen LogP contribution in [-0.4, -0.2) is 28.3 Å². The first-order valence-corrected chi connectivity index (χ1v) is 6.52. The zero-order valence-corrected chi connectivity index (χ0v) is 11.8. The van der Waals surface area contributed by atoms with E-state index < -0.39 is 0 Å². The molecule has 0 aliphatic rings. The van der Waals surface area contributed by atoms with Crippen molar-refractivity contribution >= 4 is 5.95 Å². The molecule has 2 aromatic rings. The van der Waals surface area contributed by atoms with Crippen LogP contribution in [0.25, 0.3) is 11.3 Å². The van der Waals surface area contributed by atoms with Gasteiger partial charge in [0, 0.05) is 11.6 Å². The number of benzene rings is 1. The van der Waals surface area contributed by atoms with E-state index in [0.29, 0.717) is 17.2 Å². The number of rotatable bonds is 5. The molecule has 1 aromatic heterocycles. The Balaban J connectivity index is 2.26. The normalized spacial score (nSPS) is 11.9. The third-order valence-electron chi connectivity index (χ3n) is 3.06. The molecule has 6 heteroatoms. The van der Waals surface area contributed by atoms with Gasteiger partial charge in [-0.15, -0.1) is 10.2 Å². The maximum Gasteiger partial charge on any atom is 0.279 e. The predicted molar refractivity (Wildman–Crippen MR) is 78.0 cm³/mol. The van der Waals surface area contributed by atoms with Crippen LogP contribution >= 0.6 is 0 Å². The Hall–Kier alpha value is -2.37. The van der Waals surface area contributed by atoms with Crippen molar-refractivity contribution < 1.29 is 4.74 Å². The van der Waals surface area contributed by atoms with Crippen molar-refractivity contribution in [1.82, 2.24) is 15.2 Å². The number of H-pyrrole nitrogens is 1. The van der Waals surface area contributed by atoms with Crippen LogP contribution in [0.15, 0.2) is 29.1 Å². The molecular weight excluding hydrogens is 256 g/mol. The summed E-state index contributed by atoms with van der Waals surface area (Å²) >= 11 is 0. The van der Waals surface area contributed by atoms with E-state index >= 15 is 0 Å². The Kier molecular flexibility index (Phi) is 4.34. The molecule has 0 saturated heterocycles. The molecule has 2 rings (SSSR count). The fraction of sp³-hybridized carbons (Fsp3) is 0.357. The summed E-state index contributed by atoms with van der Waals surface area (Å²) in [5.74, 6) is 1.12. The lowest BCUT2D eigenvalue weighted by Gasteiger charge is -2.10. The molecule has 0 bridgehead atoms. The summed E-state index contributed by atoms with van der Waals surface area (Å²) in [7, 11) is 1.59. The number of nitrogens with one attached hydrogen (secondary N) is 2. The van der Waals surface area contributed by atoms with Gasteiger partial charge in [-0.25, -0.2) is 0 Å². The van der Waals surface area contributed by atoms with Crippen molar-refractivity contribution in [2.45, 2.75) is 26.3 Å². The standard InChI is InChI=1S/C14H18N4O2/c1-4-9(2)15-14-16-13(19)12(17-18-14)10-5-7-11(20-3)8-6-10/h5-9H,4H2,1-3H3,(H2,15,16,18,19). The lowest BCUT2D eigenvalue weighted by molar-refractivity contribution is 0.415. The molecule has 0 saturated carbocycles. The van der Waals surface area contributed by atoms with Gasteiger partial charge >= 0.3 is 0 Å². The lowest BCUT2D eigenvalue weighted by atomic mass is 10.1. The van der Waals surface area contributed by atoms with E-state index in [-0.39, 0.29) is 11.6 Å². The van der Waals surface area contributed by atoms with Crippen LogP contribution < -0.4 is 15.6 Å². The van der Waals surface area contributed by atoms with E-state index in [1.807, 2.05) is 6.92 Å². The highest BCUT2D eigenvalue weighted by molar-refractivity contribution is 5.58. The second-order valence-electron chi connectivity index (χ2n) is 4.53. The average Bonchev–Trinajstić information content (AvgIpc) is 2.47. The summed E-state index contributed by atoms with van der Waals surface area (Å²) < 4.78 is 5.08. The Morgan fingerprint density at radius 1 is 1.30 bits per heavy atom. The fourth-order valence-electron chi connectivity index (χ4n) is 1.68. The number of hydrogen-bond donors (Lipinski definition) is 2. The van der Waals surface area contributed by atoms with Crippen molar-refractivity contribution in [2.24, 2.45) is 0 Å². The minimum Gasteiger partial charge on any atom is -0.497 e. The lowest BCUT2D eigenvalue weighted by Crippen LogP contribution is -2.21. The summed E-state index contributed by atoms with van der Waals surface area (Å²) in [5.41, 5.74) is 0.730. The van der Waals surface area contributed by atoms with Crippen LogP contribution in [0.4, 0.5) is 5.95 Å². The topological polar surface area (TPSA) is 79.9 Å². The van der Waals surface area contributed by atoms with Gasteiger partial charge in [0.1, 0.15) is 5.75 Å². The molecule has 0 radical (unpaired) electrons. The molecule has 0 fully saturated rings. The summed E-state index contributed by atoms with van der Waals surface area (Å²) in [6, 6.07) is 7.34. The SMILES string of the molecule is CCC(C)Nc1nnc(-c2ccc(OC)cc2)c(=O)[nH]1. The van der Waals surface area contributed by atoms with E-state index in [0.717, 1.165) is 12.2 Å². The second-order valence-corrected chi connectivity index (χ2v) is 4.53. The van der Waals surface area contributed by atoms with E-state index in [2.05, 4.69) is 27.4 Å². The predicted octanol–water partition coefficient (Wildman–Crippen LogP) is 2.05.